The van der Waals surface area contributed by atoms with Crippen LogP contribution in [0, 0.1) is 11.8 Å². The van der Waals surface area contributed by atoms with Gasteiger partial charge in [-0.05, 0) is 56.4 Å². The van der Waals surface area contributed by atoms with Gasteiger partial charge in [0.2, 0.25) is 11.8 Å². The highest BCUT2D eigenvalue weighted by Crippen LogP contribution is 2.40. The Morgan fingerprint density at radius 1 is 1.07 bits per heavy atom. The molecule has 1 saturated heterocycles. The lowest BCUT2D eigenvalue weighted by Crippen LogP contribution is -2.40. The van der Waals surface area contributed by atoms with Crippen molar-refractivity contribution in [2.24, 2.45) is 11.8 Å². The molecule has 3 amide bonds. The maximum absolute atomic E-state index is 12.9. The molecule has 2 N–H and O–H groups in total. The van der Waals surface area contributed by atoms with Crippen molar-refractivity contribution in [1.82, 2.24) is 10.2 Å². The molecule has 1 saturated carbocycles. The molecular formula is C21H29N3O3S. The van der Waals surface area contributed by atoms with Crippen molar-refractivity contribution in [3.05, 3.63) is 16.0 Å². The molecule has 28 heavy (non-hydrogen) atoms. The first-order valence-corrected chi connectivity index (χ1v) is 11.3. The first kappa shape index (κ1) is 19.4. The summed E-state index contributed by atoms with van der Waals surface area (Å²) in [6.45, 7) is 5.07. The Labute approximate surface area is 170 Å². The largest absolute Gasteiger partial charge is 0.349 e. The number of nitrogens with one attached hydrogen (secondary N) is 2. The number of nitrogens with zero attached hydrogens (tertiary/aromatic N) is 1. The molecule has 1 aromatic heterocycles. The molecule has 1 unspecified atom stereocenters. The summed E-state index contributed by atoms with van der Waals surface area (Å²) in [5.41, 5.74) is 1.84. The van der Waals surface area contributed by atoms with E-state index in [1.54, 1.807) is 23.2 Å². The van der Waals surface area contributed by atoms with Crippen molar-refractivity contribution in [3.63, 3.8) is 0 Å². The second kappa shape index (κ2) is 7.85. The molecule has 1 aromatic rings. The summed E-state index contributed by atoms with van der Waals surface area (Å²) in [4.78, 5) is 40.3. The van der Waals surface area contributed by atoms with Crippen molar-refractivity contribution in [2.75, 3.05) is 18.4 Å². The molecule has 2 aliphatic carbocycles. The van der Waals surface area contributed by atoms with Crippen molar-refractivity contribution in [1.29, 1.82) is 0 Å². The van der Waals surface area contributed by atoms with E-state index in [1.165, 1.54) is 4.88 Å². The van der Waals surface area contributed by atoms with Gasteiger partial charge in [0.05, 0.1) is 5.56 Å². The monoisotopic (exact) mass is 403 g/mol. The Hall–Kier alpha value is -1.89. The first-order valence-electron chi connectivity index (χ1n) is 10.4. The van der Waals surface area contributed by atoms with E-state index < -0.39 is 0 Å². The van der Waals surface area contributed by atoms with Crippen LogP contribution in [-0.4, -0.2) is 41.8 Å². The van der Waals surface area contributed by atoms with Crippen LogP contribution in [0.5, 0.6) is 0 Å². The molecule has 0 aromatic carbocycles. The Bertz CT molecular complexity index is 791. The van der Waals surface area contributed by atoms with Crippen LogP contribution >= 0.6 is 11.3 Å². The van der Waals surface area contributed by atoms with Crippen LogP contribution in [0.25, 0.3) is 0 Å². The van der Waals surface area contributed by atoms with Gasteiger partial charge >= 0.3 is 0 Å². The number of likely N-dealkylation sites (tertiary alicyclic amines) is 1. The Kier molecular flexibility index (Phi) is 5.45. The molecule has 3 aliphatic rings. The quantitative estimate of drug-likeness (QED) is 0.811. The summed E-state index contributed by atoms with van der Waals surface area (Å²) in [6, 6.07) is 0.296. The highest BCUT2D eigenvalue weighted by Gasteiger charge is 2.33. The minimum absolute atomic E-state index is 0.0182. The number of amides is 3. The molecule has 2 heterocycles. The van der Waals surface area contributed by atoms with Gasteiger partial charge in [-0.25, -0.2) is 0 Å². The number of fused-ring (bicyclic) bond motifs is 1. The Balaban J connectivity index is 1.51. The second-order valence-electron chi connectivity index (χ2n) is 8.57. The maximum Gasteiger partial charge on any atom is 0.254 e. The number of piperidine rings is 1. The number of anilines is 1. The maximum atomic E-state index is 12.9. The highest BCUT2D eigenvalue weighted by molar-refractivity contribution is 7.17. The minimum Gasteiger partial charge on any atom is -0.349 e. The fourth-order valence-corrected chi connectivity index (χ4v) is 5.65. The van der Waals surface area contributed by atoms with Crippen molar-refractivity contribution in [2.45, 2.75) is 64.8 Å². The first-order chi connectivity index (χ1) is 13.4. The van der Waals surface area contributed by atoms with Crippen molar-refractivity contribution < 1.29 is 14.4 Å². The number of thiophene rings is 1. The van der Waals surface area contributed by atoms with E-state index in [0.29, 0.717) is 43.5 Å². The normalized spacial score (nSPS) is 22.5. The summed E-state index contributed by atoms with van der Waals surface area (Å²) in [7, 11) is 0. The molecule has 7 heteroatoms. The predicted molar refractivity (Wildman–Crippen MR) is 110 cm³/mol. The summed E-state index contributed by atoms with van der Waals surface area (Å²) >= 11 is 1.58. The van der Waals surface area contributed by atoms with Gasteiger partial charge in [-0.15, -0.1) is 11.3 Å². The van der Waals surface area contributed by atoms with E-state index >= 15 is 0 Å². The van der Waals surface area contributed by atoms with Crippen LogP contribution in [0.3, 0.4) is 0 Å². The van der Waals surface area contributed by atoms with E-state index in [0.717, 1.165) is 42.7 Å². The van der Waals surface area contributed by atoms with Gasteiger partial charge < -0.3 is 15.5 Å². The zero-order valence-electron chi connectivity index (χ0n) is 16.7. The fourth-order valence-electron chi connectivity index (χ4n) is 4.23. The molecule has 152 valence electrons. The van der Waals surface area contributed by atoms with E-state index in [1.807, 2.05) is 0 Å². The third-order valence-corrected chi connectivity index (χ3v) is 7.37. The molecule has 4 rings (SSSR count). The number of hydrogen-bond acceptors (Lipinski definition) is 4. The van der Waals surface area contributed by atoms with Crippen LogP contribution in [0.4, 0.5) is 5.00 Å². The standard InChI is InChI=1S/C21H29N3O3S/c1-12-3-6-16-17(11-12)28-21(18(16)20(27)22-15-4-5-15)23-19(26)14-7-9-24(10-8-14)13(2)25/h12,14-15H,3-11H2,1-2H3,(H,22,27)(H,23,26). The van der Waals surface area contributed by atoms with Crippen LogP contribution in [0.2, 0.25) is 0 Å². The average molecular weight is 404 g/mol. The molecule has 0 spiro atoms. The Morgan fingerprint density at radius 2 is 1.79 bits per heavy atom. The van der Waals surface area contributed by atoms with Crippen LogP contribution < -0.4 is 10.6 Å². The zero-order valence-corrected chi connectivity index (χ0v) is 17.5. The van der Waals surface area contributed by atoms with Gasteiger partial charge in [0, 0.05) is 36.9 Å². The third-order valence-electron chi connectivity index (χ3n) is 6.20. The SMILES string of the molecule is CC(=O)N1CCC(C(=O)Nc2sc3c(c2C(=O)NC2CC2)CCC(C)C3)CC1. The van der Waals surface area contributed by atoms with Gasteiger partial charge in [-0.3, -0.25) is 14.4 Å². The van der Waals surface area contributed by atoms with Crippen molar-refractivity contribution >= 4 is 34.1 Å². The number of carbonyl (C=O) groups excluding carboxylic acids is 3. The smallest absolute Gasteiger partial charge is 0.254 e. The van der Waals surface area contributed by atoms with Gasteiger partial charge in [0.1, 0.15) is 5.00 Å². The molecule has 6 nitrogen and oxygen atoms in total. The van der Waals surface area contributed by atoms with Crippen molar-refractivity contribution in [3.8, 4) is 0 Å². The predicted octanol–water partition coefficient (Wildman–Crippen LogP) is 2.96. The van der Waals surface area contributed by atoms with E-state index in [9.17, 15) is 14.4 Å². The van der Waals surface area contributed by atoms with E-state index in [2.05, 4.69) is 17.6 Å². The minimum atomic E-state index is -0.104. The molecule has 0 radical (unpaired) electrons. The van der Waals surface area contributed by atoms with E-state index in [-0.39, 0.29) is 23.6 Å². The van der Waals surface area contributed by atoms with Gasteiger partial charge in [0.15, 0.2) is 0 Å². The lowest BCUT2D eigenvalue weighted by molar-refractivity contribution is -0.132. The van der Waals surface area contributed by atoms with Crippen LogP contribution in [0.1, 0.15) is 66.8 Å². The number of rotatable bonds is 4. The summed E-state index contributed by atoms with van der Waals surface area (Å²) in [5.74, 6) is 0.530. The molecule has 2 fully saturated rings. The van der Waals surface area contributed by atoms with Gasteiger partial charge in [0.25, 0.3) is 5.91 Å². The Morgan fingerprint density at radius 3 is 2.43 bits per heavy atom. The number of hydrogen-bond donors (Lipinski definition) is 2. The molecule has 1 aliphatic heterocycles. The second-order valence-corrected chi connectivity index (χ2v) is 9.68. The van der Waals surface area contributed by atoms with Crippen LogP contribution in [-0.2, 0) is 22.4 Å². The lowest BCUT2D eigenvalue weighted by Gasteiger charge is -2.30. The van der Waals surface area contributed by atoms with E-state index in [4.69, 9.17) is 0 Å². The topological polar surface area (TPSA) is 78.5 Å². The molecule has 0 bridgehead atoms. The molecule has 1 atom stereocenters. The average Bonchev–Trinajstić information content (AvgIpc) is 3.40. The summed E-state index contributed by atoms with van der Waals surface area (Å²) in [6.07, 6.45) is 6.43. The summed E-state index contributed by atoms with van der Waals surface area (Å²) in [5, 5.41) is 6.91. The summed E-state index contributed by atoms with van der Waals surface area (Å²) < 4.78 is 0. The molecular weight excluding hydrogens is 374 g/mol. The van der Waals surface area contributed by atoms with Crippen LogP contribution in [0.15, 0.2) is 0 Å². The van der Waals surface area contributed by atoms with Gasteiger partial charge in [-0.2, -0.15) is 0 Å². The highest BCUT2D eigenvalue weighted by atomic mass is 32.1. The zero-order chi connectivity index (χ0) is 19.8. The fraction of sp³-hybridized carbons (Fsp3) is 0.667. The third kappa shape index (κ3) is 4.09. The lowest BCUT2D eigenvalue weighted by atomic mass is 9.88. The van der Waals surface area contributed by atoms with Gasteiger partial charge in [-0.1, -0.05) is 6.92 Å². The number of carbonyl (C=O) groups is 3.